The summed E-state index contributed by atoms with van der Waals surface area (Å²) in [4.78, 5) is 19.2. The highest BCUT2D eigenvalue weighted by atomic mass is 16.1. The lowest BCUT2D eigenvalue weighted by molar-refractivity contribution is 0.0929. The van der Waals surface area contributed by atoms with Crippen LogP contribution < -0.4 is 10.6 Å². The van der Waals surface area contributed by atoms with E-state index in [4.69, 9.17) is 0 Å². The van der Waals surface area contributed by atoms with Crippen molar-refractivity contribution in [3.05, 3.63) is 23.9 Å². The highest BCUT2D eigenvalue weighted by molar-refractivity contribution is 5.95. The Bertz CT molecular complexity index is 505. The number of hydrogen-bond donors (Lipinski definition) is 2. The summed E-state index contributed by atoms with van der Waals surface area (Å²) in [5, 5.41) is 6.43. The summed E-state index contributed by atoms with van der Waals surface area (Å²) in [6, 6.07) is 4.48. The number of fused-ring (bicyclic) bond motifs is 1. The van der Waals surface area contributed by atoms with Crippen molar-refractivity contribution in [2.24, 2.45) is 0 Å². The molecule has 0 aromatic carbocycles. The topological polar surface area (TPSA) is 57.3 Å². The summed E-state index contributed by atoms with van der Waals surface area (Å²) in [5.74, 6) is 0.800. The summed E-state index contributed by atoms with van der Waals surface area (Å²) in [6.07, 6.45) is 6.28. The Morgan fingerprint density at radius 1 is 1.43 bits per heavy atom. The molecule has 1 amide bonds. The molecule has 21 heavy (non-hydrogen) atoms. The molecule has 2 atom stereocenters. The van der Waals surface area contributed by atoms with Crippen molar-refractivity contribution >= 4 is 11.7 Å². The van der Waals surface area contributed by atoms with Crippen molar-refractivity contribution < 1.29 is 4.79 Å². The zero-order valence-corrected chi connectivity index (χ0v) is 12.6. The number of aromatic nitrogens is 1. The largest absolute Gasteiger partial charge is 0.370 e. The number of nitrogens with zero attached hydrogens (tertiary/aromatic N) is 2. The Kier molecular flexibility index (Phi) is 4.39. The number of anilines is 1. The van der Waals surface area contributed by atoms with E-state index < -0.39 is 0 Å². The smallest absolute Gasteiger partial charge is 0.251 e. The number of hydrogen-bond acceptors (Lipinski definition) is 4. The maximum atomic E-state index is 12.4. The van der Waals surface area contributed by atoms with E-state index in [1.54, 1.807) is 12.3 Å². The van der Waals surface area contributed by atoms with E-state index in [2.05, 4.69) is 27.4 Å². The third kappa shape index (κ3) is 3.18. The van der Waals surface area contributed by atoms with Crippen LogP contribution in [-0.4, -0.2) is 47.5 Å². The number of carbonyl (C=O) groups is 1. The van der Waals surface area contributed by atoms with E-state index in [1.807, 2.05) is 6.07 Å². The van der Waals surface area contributed by atoms with Gasteiger partial charge in [0.2, 0.25) is 0 Å². The first kappa shape index (κ1) is 14.3. The van der Waals surface area contributed by atoms with Crippen LogP contribution in [0.5, 0.6) is 0 Å². The van der Waals surface area contributed by atoms with Crippen LogP contribution in [0.15, 0.2) is 18.3 Å². The fraction of sp³-hybridized carbons (Fsp3) is 0.625. The number of amides is 1. The zero-order chi connectivity index (χ0) is 14.7. The molecule has 2 N–H and O–H groups in total. The lowest BCUT2D eigenvalue weighted by Crippen LogP contribution is -2.42. The first-order chi connectivity index (χ1) is 10.3. The van der Waals surface area contributed by atoms with Crippen molar-refractivity contribution in [1.82, 2.24) is 15.2 Å². The van der Waals surface area contributed by atoms with Gasteiger partial charge in [0.25, 0.3) is 5.91 Å². The maximum Gasteiger partial charge on any atom is 0.251 e. The van der Waals surface area contributed by atoms with E-state index in [0.717, 1.165) is 31.7 Å². The number of carbonyl (C=O) groups excluding carboxylic acids is 1. The predicted molar refractivity (Wildman–Crippen MR) is 83.5 cm³/mol. The van der Waals surface area contributed by atoms with Crippen LogP contribution in [-0.2, 0) is 0 Å². The summed E-state index contributed by atoms with van der Waals surface area (Å²) in [7, 11) is 0. The number of rotatable bonds is 5. The average Bonchev–Trinajstić information content (AvgIpc) is 3.10. The van der Waals surface area contributed by atoms with Gasteiger partial charge >= 0.3 is 0 Å². The van der Waals surface area contributed by atoms with Crippen LogP contribution in [0.4, 0.5) is 5.82 Å². The normalized spacial score (nSPS) is 24.8. The van der Waals surface area contributed by atoms with Gasteiger partial charge in [0.05, 0.1) is 0 Å². The molecule has 1 aromatic rings. The van der Waals surface area contributed by atoms with E-state index in [1.165, 1.54) is 19.4 Å². The molecule has 2 aliphatic heterocycles. The van der Waals surface area contributed by atoms with Gasteiger partial charge in [-0.15, -0.1) is 0 Å². The Morgan fingerprint density at radius 3 is 3.19 bits per heavy atom. The fourth-order valence-electron chi connectivity index (χ4n) is 3.42. The van der Waals surface area contributed by atoms with Crippen molar-refractivity contribution in [2.75, 3.05) is 25.0 Å². The van der Waals surface area contributed by atoms with Crippen LogP contribution in [0.2, 0.25) is 0 Å². The molecule has 2 aliphatic rings. The Hall–Kier alpha value is -1.62. The van der Waals surface area contributed by atoms with E-state index in [0.29, 0.717) is 17.6 Å². The van der Waals surface area contributed by atoms with Gasteiger partial charge in [0.15, 0.2) is 0 Å². The molecule has 0 radical (unpaired) electrons. The molecule has 5 nitrogen and oxygen atoms in total. The van der Waals surface area contributed by atoms with E-state index in [9.17, 15) is 4.79 Å². The molecule has 5 heteroatoms. The summed E-state index contributed by atoms with van der Waals surface area (Å²) in [5.41, 5.74) is 0.694. The molecular formula is C16H24N4O. The van der Waals surface area contributed by atoms with Gasteiger partial charge in [0.1, 0.15) is 5.82 Å². The summed E-state index contributed by atoms with van der Waals surface area (Å²) in [6.45, 7) is 5.29. The predicted octanol–water partition coefficient (Wildman–Crippen LogP) is 1.87. The first-order valence-corrected chi connectivity index (χ1v) is 8.03. The van der Waals surface area contributed by atoms with Crippen LogP contribution >= 0.6 is 0 Å². The van der Waals surface area contributed by atoms with E-state index in [-0.39, 0.29) is 5.91 Å². The third-order valence-electron chi connectivity index (χ3n) is 4.50. The molecule has 0 bridgehead atoms. The highest BCUT2D eigenvalue weighted by Gasteiger charge is 2.37. The average molecular weight is 288 g/mol. The third-order valence-corrected chi connectivity index (χ3v) is 4.50. The van der Waals surface area contributed by atoms with Gasteiger partial charge in [-0.3, -0.25) is 9.69 Å². The Labute approximate surface area is 126 Å². The van der Waals surface area contributed by atoms with Crippen molar-refractivity contribution in [3.8, 4) is 0 Å². The first-order valence-electron chi connectivity index (χ1n) is 8.03. The molecule has 3 heterocycles. The SMILES string of the molecule is CCCNc1cc(C(=O)NC2CCN3CCCC23)ccn1. The van der Waals surface area contributed by atoms with Gasteiger partial charge in [-0.25, -0.2) is 4.98 Å². The second-order valence-electron chi connectivity index (χ2n) is 5.97. The Morgan fingerprint density at radius 2 is 2.33 bits per heavy atom. The maximum absolute atomic E-state index is 12.4. The van der Waals surface area contributed by atoms with Crippen molar-refractivity contribution in [3.63, 3.8) is 0 Å². The van der Waals surface area contributed by atoms with Crippen LogP contribution in [0.3, 0.4) is 0 Å². The number of nitrogens with one attached hydrogen (secondary N) is 2. The lowest BCUT2D eigenvalue weighted by atomic mass is 10.1. The van der Waals surface area contributed by atoms with Crippen LogP contribution in [0.25, 0.3) is 0 Å². The van der Waals surface area contributed by atoms with Crippen LogP contribution in [0, 0.1) is 0 Å². The highest BCUT2D eigenvalue weighted by Crippen LogP contribution is 2.28. The zero-order valence-electron chi connectivity index (χ0n) is 12.6. The molecule has 0 spiro atoms. The van der Waals surface area contributed by atoms with Gasteiger partial charge in [-0.2, -0.15) is 0 Å². The van der Waals surface area contributed by atoms with Gasteiger partial charge in [0, 0.05) is 36.9 Å². The minimum Gasteiger partial charge on any atom is -0.370 e. The minimum absolute atomic E-state index is 0.0238. The Balaban J connectivity index is 1.62. The minimum atomic E-state index is 0.0238. The monoisotopic (exact) mass is 288 g/mol. The standard InChI is InChI=1S/C16H24N4O/c1-2-7-17-15-11-12(5-8-18-15)16(21)19-13-6-10-20-9-3-4-14(13)20/h5,8,11,13-14H,2-4,6-7,9-10H2,1H3,(H,17,18)(H,19,21). The molecular weight excluding hydrogens is 264 g/mol. The summed E-state index contributed by atoms with van der Waals surface area (Å²) >= 11 is 0. The van der Waals surface area contributed by atoms with Gasteiger partial charge in [-0.05, 0) is 44.4 Å². The second kappa shape index (κ2) is 6.43. The fourth-order valence-corrected chi connectivity index (χ4v) is 3.42. The lowest BCUT2D eigenvalue weighted by Gasteiger charge is -2.21. The van der Waals surface area contributed by atoms with Crippen LogP contribution in [0.1, 0.15) is 43.0 Å². The quantitative estimate of drug-likeness (QED) is 0.868. The molecule has 3 rings (SSSR count). The molecule has 0 saturated carbocycles. The van der Waals surface area contributed by atoms with E-state index >= 15 is 0 Å². The molecule has 114 valence electrons. The van der Waals surface area contributed by atoms with Crippen molar-refractivity contribution in [2.45, 2.75) is 44.7 Å². The molecule has 2 fully saturated rings. The molecule has 1 aromatic heterocycles. The van der Waals surface area contributed by atoms with Gasteiger partial charge in [-0.1, -0.05) is 6.92 Å². The summed E-state index contributed by atoms with van der Waals surface area (Å²) < 4.78 is 0. The molecule has 0 aliphatic carbocycles. The number of pyridine rings is 1. The van der Waals surface area contributed by atoms with Gasteiger partial charge < -0.3 is 10.6 Å². The molecule has 2 unspecified atom stereocenters. The second-order valence-corrected chi connectivity index (χ2v) is 5.97. The van der Waals surface area contributed by atoms with Crippen molar-refractivity contribution in [1.29, 1.82) is 0 Å². The molecule has 2 saturated heterocycles.